The second-order valence-electron chi connectivity index (χ2n) is 6.22. The molecule has 0 aliphatic carbocycles. The predicted molar refractivity (Wildman–Crippen MR) is 82.4 cm³/mol. The number of ether oxygens (including phenoxy) is 1. The summed E-state index contributed by atoms with van der Waals surface area (Å²) in [7, 11) is -2.36. The minimum atomic E-state index is -3.57. The van der Waals surface area contributed by atoms with Crippen molar-refractivity contribution in [2.24, 2.45) is 0 Å². The van der Waals surface area contributed by atoms with Gasteiger partial charge in [0.05, 0.1) is 4.75 Å². The molecule has 0 spiro atoms. The van der Waals surface area contributed by atoms with Crippen LogP contribution in [0.4, 0.5) is 8.78 Å². The zero-order valence-electron chi connectivity index (χ0n) is 13.5. The van der Waals surface area contributed by atoms with Crippen LogP contribution in [0.5, 0.6) is 0 Å². The summed E-state index contributed by atoms with van der Waals surface area (Å²) < 4.78 is 58.1. The first-order valence-corrected chi connectivity index (χ1v) is 8.38. The third kappa shape index (κ3) is 4.47. The van der Waals surface area contributed by atoms with Gasteiger partial charge in [0.2, 0.25) is 10.0 Å². The molecule has 1 aromatic rings. The predicted octanol–water partition coefficient (Wildman–Crippen LogP) is 3.20. The van der Waals surface area contributed by atoms with E-state index in [0.29, 0.717) is 5.56 Å². The highest BCUT2D eigenvalue weighted by molar-refractivity contribution is 7.90. The fourth-order valence-corrected chi connectivity index (χ4v) is 2.73. The van der Waals surface area contributed by atoms with Crippen LogP contribution in [-0.2, 0) is 20.7 Å². The van der Waals surface area contributed by atoms with Gasteiger partial charge in [0.1, 0.15) is 6.61 Å². The Morgan fingerprint density at radius 1 is 1.27 bits per heavy atom. The average Bonchev–Trinajstić information content (AvgIpc) is 2.37. The molecule has 0 aliphatic rings. The average molecular weight is 335 g/mol. The van der Waals surface area contributed by atoms with Gasteiger partial charge in [-0.25, -0.2) is 13.1 Å². The fourth-order valence-electron chi connectivity index (χ4n) is 1.78. The van der Waals surface area contributed by atoms with E-state index in [9.17, 15) is 17.2 Å². The first-order valence-electron chi connectivity index (χ1n) is 6.90. The topological polar surface area (TPSA) is 55.4 Å². The first kappa shape index (κ1) is 19.0. The van der Waals surface area contributed by atoms with Crippen LogP contribution in [0.25, 0.3) is 0 Å². The Labute approximate surface area is 130 Å². The third-order valence-corrected chi connectivity index (χ3v) is 5.55. The van der Waals surface area contributed by atoms with Crippen molar-refractivity contribution in [3.05, 3.63) is 35.4 Å². The lowest BCUT2D eigenvalue weighted by molar-refractivity contribution is -0.0698. The summed E-state index contributed by atoms with van der Waals surface area (Å²) >= 11 is 0. The summed E-state index contributed by atoms with van der Waals surface area (Å²) in [4.78, 5) is 0. The standard InChI is InChI=1S/C15H23F2NO3S/c1-11(18-22(19,20)14(2,3)4)12-7-6-8-13(9-12)15(16,17)10-21-5/h6-9,11,18H,10H2,1-5H3/t11-/m1/s1. The van der Waals surface area contributed by atoms with E-state index >= 15 is 0 Å². The van der Waals surface area contributed by atoms with Gasteiger partial charge in [0.25, 0.3) is 5.92 Å². The monoisotopic (exact) mass is 335 g/mol. The molecule has 126 valence electrons. The molecular formula is C15H23F2NO3S. The molecule has 4 nitrogen and oxygen atoms in total. The lowest BCUT2D eigenvalue weighted by Crippen LogP contribution is -2.40. The van der Waals surface area contributed by atoms with E-state index in [1.165, 1.54) is 25.3 Å². The number of benzene rings is 1. The molecule has 0 fully saturated rings. The SMILES string of the molecule is COCC(F)(F)c1cccc([C@@H](C)NS(=O)(=O)C(C)(C)C)c1. The smallest absolute Gasteiger partial charge is 0.296 e. The lowest BCUT2D eigenvalue weighted by Gasteiger charge is -2.24. The van der Waals surface area contributed by atoms with E-state index in [0.717, 1.165) is 0 Å². The van der Waals surface area contributed by atoms with Gasteiger partial charge in [0, 0.05) is 18.7 Å². The number of sulfonamides is 1. The van der Waals surface area contributed by atoms with Crippen molar-refractivity contribution in [2.45, 2.75) is 44.4 Å². The molecule has 1 N–H and O–H groups in total. The molecule has 0 aromatic heterocycles. The second-order valence-corrected chi connectivity index (χ2v) is 8.69. The Kier molecular flexibility index (Phi) is 5.70. The van der Waals surface area contributed by atoms with Crippen LogP contribution >= 0.6 is 0 Å². The number of halogens is 2. The van der Waals surface area contributed by atoms with Crippen LogP contribution < -0.4 is 4.72 Å². The van der Waals surface area contributed by atoms with Gasteiger partial charge >= 0.3 is 0 Å². The van der Waals surface area contributed by atoms with Crippen LogP contribution in [-0.4, -0.2) is 26.9 Å². The summed E-state index contributed by atoms with van der Waals surface area (Å²) in [5.41, 5.74) is 0.273. The largest absolute Gasteiger partial charge is 0.378 e. The maximum absolute atomic E-state index is 13.9. The van der Waals surface area contributed by atoms with Crippen molar-refractivity contribution in [3.63, 3.8) is 0 Å². The number of nitrogens with one attached hydrogen (secondary N) is 1. The van der Waals surface area contributed by atoms with E-state index in [-0.39, 0.29) is 5.56 Å². The van der Waals surface area contributed by atoms with Crippen molar-refractivity contribution in [1.29, 1.82) is 0 Å². The Hall–Kier alpha value is -1.05. The quantitative estimate of drug-likeness (QED) is 0.868. The molecule has 1 aromatic carbocycles. The number of hydrogen-bond donors (Lipinski definition) is 1. The highest BCUT2D eigenvalue weighted by Gasteiger charge is 2.33. The van der Waals surface area contributed by atoms with Crippen LogP contribution in [0.2, 0.25) is 0 Å². The number of hydrogen-bond acceptors (Lipinski definition) is 3. The third-order valence-electron chi connectivity index (χ3n) is 3.27. The Morgan fingerprint density at radius 3 is 2.36 bits per heavy atom. The molecule has 0 bridgehead atoms. The van der Waals surface area contributed by atoms with Crippen molar-refractivity contribution in [1.82, 2.24) is 4.72 Å². The van der Waals surface area contributed by atoms with Crippen LogP contribution in [0.3, 0.4) is 0 Å². The number of alkyl halides is 2. The highest BCUT2D eigenvalue weighted by atomic mass is 32.2. The molecule has 0 unspecified atom stereocenters. The van der Waals surface area contributed by atoms with Gasteiger partial charge in [-0.1, -0.05) is 18.2 Å². The molecule has 22 heavy (non-hydrogen) atoms. The molecule has 7 heteroatoms. The summed E-state index contributed by atoms with van der Waals surface area (Å²) in [5, 5.41) is 0. The van der Waals surface area contributed by atoms with Crippen LogP contribution in [0.1, 0.15) is 44.9 Å². The molecule has 1 atom stereocenters. The summed E-state index contributed by atoms with van der Waals surface area (Å²) in [6.45, 7) is 5.62. The normalized spacial score (nSPS) is 14.9. The van der Waals surface area contributed by atoms with E-state index in [4.69, 9.17) is 0 Å². The molecule has 0 heterocycles. The summed E-state index contributed by atoms with van der Waals surface area (Å²) in [5.74, 6) is -3.12. The molecule has 0 radical (unpaired) electrons. The summed E-state index contributed by atoms with van der Waals surface area (Å²) in [6.07, 6.45) is 0. The van der Waals surface area contributed by atoms with E-state index < -0.39 is 33.3 Å². The lowest BCUT2D eigenvalue weighted by atomic mass is 10.0. The minimum Gasteiger partial charge on any atom is -0.378 e. The maximum atomic E-state index is 13.9. The van der Waals surface area contributed by atoms with E-state index in [1.807, 2.05) is 0 Å². The van der Waals surface area contributed by atoms with Gasteiger partial charge in [-0.3, -0.25) is 0 Å². The Balaban J connectivity index is 3.04. The summed E-state index contributed by atoms with van der Waals surface area (Å²) in [6, 6.07) is 5.09. The van der Waals surface area contributed by atoms with E-state index in [2.05, 4.69) is 9.46 Å². The zero-order chi connectivity index (χ0) is 17.2. The van der Waals surface area contributed by atoms with Gasteiger partial charge in [-0.05, 0) is 39.3 Å². The van der Waals surface area contributed by atoms with Crippen molar-refractivity contribution in [3.8, 4) is 0 Å². The Morgan fingerprint density at radius 2 is 1.86 bits per heavy atom. The van der Waals surface area contributed by atoms with E-state index in [1.54, 1.807) is 33.8 Å². The molecule has 0 saturated heterocycles. The highest BCUT2D eigenvalue weighted by Crippen LogP contribution is 2.30. The van der Waals surface area contributed by atoms with Gasteiger partial charge in [0.15, 0.2) is 0 Å². The number of methoxy groups -OCH3 is 1. The van der Waals surface area contributed by atoms with Gasteiger partial charge < -0.3 is 4.74 Å². The second kappa shape index (κ2) is 6.60. The van der Waals surface area contributed by atoms with Crippen LogP contribution in [0.15, 0.2) is 24.3 Å². The van der Waals surface area contributed by atoms with Gasteiger partial charge in [-0.2, -0.15) is 8.78 Å². The zero-order valence-corrected chi connectivity index (χ0v) is 14.3. The molecular weight excluding hydrogens is 312 g/mol. The van der Waals surface area contributed by atoms with Crippen molar-refractivity contribution in [2.75, 3.05) is 13.7 Å². The first-order chi connectivity index (χ1) is 9.90. The molecule has 0 aliphatic heterocycles. The molecule has 0 amide bonds. The maximum Gasteiger partial charge on any atom is 0.296 e. The molecule has 0 saturated carbocycles. The fraction of sp³-hybridized carbons (Fsp3) is 0.600. The minimum absolute atomic E-state index is 0.200. The molecule has 1 rings (SSSR count). The van der Waals surface area contributed by atoms with Gasteiger partial charge in [-0.15, -0.1) is 0 Å². The Bertz CT molecular complexity index is 609. The van der Waals surface area contributed by atoms with Crippen molar-refractivity contribution >= 4 is 10.0 Å². The number of rotatable bonds is 6. The van der Waals surface area contributed by atoms with Crippen LogP contribution in [0, 0.1) is 0 Å². The van der Waals surface area contributed by atoms with Crippen molar-refractivity contribution < 1.29 is 21.9 Å².